The Balaban J connectivity index is 2.40. The van der Waals surface area contributed by atoms with Crippen LogP contribution in [0.4, 0.5) is 0 Å². The number of para-hydroxylation sites is 1. The van der Waals surface area contributed by atoms with E-state index in [-0.39, 0.29) is 6.23 Å². The second-order valence-electron chi connectivity index (χ2n) is 3.59. The lowest BCUT2D eigenvalue weighted by Crippen LogP contribution is -2.35. The summed E-state index contributed by atoms with van der Waals surface area (Å²) in [5, 5.41) is 3.04. The highest BCUT2D eigenvalue weighted by Crippen LogP contribution is 2.30. The number of fused-ring (bicyclic) bond motifs is 1. The second kappa shape index (κ2) is 3.90. The zero-order valence-corrected chi connectivity index (χ0v) is 8.62. The van der Waals surface area contributed by atoms with E-state index in [4.69, 9.17) is 10.5 Å². The maximum atomic E-state index is 11.2. The number of carbonyl (C=O) groups is 1. The number of hydrogen-bond donors (Lipinski definition) is 2. The van der Waals surface area contributed by atoms with E-state index < -0.39 is 5.91 Å². The molecule has 0 saturated heterocycles. The number of nitrogens with two attached hydrogens (primary N) is 1. The van der Waals surface area contributed by atoms with Crippen LogP contribution in [-0.2, 0) is 6.42 Å². The van der Waals surface area contributed by atoms with Gasteiger partial charge < -0.3 is 10.5 Å². The molecule has 2 rings (SSSR count). The molecular formula is C11H14N2O2. The quantitative estimate of drug-likeness (QED) is 0.747. The summed E-state index contributed by atoms with van der Waals surface area (Å²) < 4.78 is 5.66. The molecule has 0 spiro atoms. The third-order valence-corrected chi connectivity index (χ3v) is 2.62. The standard InChI is InChI=1S/C11H14N2O2/c1-13-9-6-5-7-3-2-4-8(11(12)14)10(7)15-9/h2-4,9,13H,5-6H2,1H3,(H2,12,14). The van der Waals surface area contributed by atoms with Gasteiger partial charge in [-0.1, -0.05) is 12.1 Å². The Morgan fingerprint density at radius 3 is 3.07 bits per heavy atom. The molecule has 80 valence electrons. The lowest BCUT2D eigenvalue weighted by atomic mass is 10.0. The van der Waals surface area contributed by atoms with E-state index >= 15 is 0 Å². The Morgan fingerprint density at radius 1 is 1.60 bits per heavy atom. The summed E-state index contributed by atoms with van der Waals surface area (Å²) in [5.74, 6) is 0.194. The summed E-state index contributed by atoms with van der Waals surface area (Å²) in [6.07, 6.45) is 1.78. The van der Waals surface area contributed by atoms with Gasteiger partial charge in [-0.15, -0.1) is 0 Å². The van der Waals surface area contributed by atoms with Crippen molar-refractivity contribution in [1.82, 2.24) is 5.32 Å². The summed E-state index contributed by atoms with van der Waals surface area (Å²) in [4.78, 5) is 11.2. The number of ether oxygens (including phenoxy) is 1. The van der Waals surface area contributed by atoms with E-state index in [0.29, 0.717) is 11.3 Å². The van der Waals surface area contributed by atoms with Crippen LogP contribution in [0, 0.1) is 0 Å². The van der Waals surface area contributed by atoms with Gasteiger partial charge in [0.1, 0.15) is 12.0 Å². The SMILES string of the molecule is CNC1CCc2cccc(C(N)=O)c2O1. The highest BCUT2D eigenvalue weighted by Gasteiger charge is 2.22. The van der Waals surface area contributed by atoms with Crippen molar-refractivity contribution >= 4 is 5.91 Å². The van der Waals surface area contributed by atoms with E-state index in [1.165, 1.54) is 0 Å². The van der Waals surface area contributed by atoms with Crippen molar-refractivity contribution in [3.8, 4) is 5.75 Å². The molecule has 3 N–H and O–H groups in total. The monoisotopic (exact) mass is 206 g/mol. The number of carbonyl (C=O) groups excluding carboxylic acids is 1. The van der Waals surface area contributed by atoms with E-state index in [9.17, 15) is 4.79 Å². The molecule has 0 fully saturated rings. The molecule has 4 nitrogen and oxygen atoms in total. The summed E-state index contributed by atoms with van der Waals surface area (Å²) in [6, 6.07) is 5.49. The van der Waals surface area contributed by atoms with Crippen LogP contribution in [0.15, 0.2) is 18.2 Å². The van der Waals surface area contributed by atoms with Gasteiger partial charge in [0.25, 0.3) is 5.91 Å². The molecule has 1 heterocycles. The molecule has 0 aromatic heterocycles. The molecule has 4 heteroatoms. The molecule has 1 unspecified atom stereocenters. The van der Waals surface area contributed by atoms with Gasteiger partial charge in [-0.3, -0.25) is 10.1 Å². The first-order valence-electron chi connectivity index (χ1n) is 4.98. The number of nitrogens with one attached hydrogen (secondary N) is 1. The van der Waals surface area contributed by atoms with Crippen LogP contribution in [0.25, 0.3) is 0 Å². The number of benzene rings is 1. The van der Waals surface area contributed by atoms with Gasteiger partial charge in [0, 0.05) is 6.42 Å². The molecule has 1 aromatic rings. The summed E-state index contributed by atoms with van der Waals surface area (Å²) in [5.41, 5.74) is 6.80. The summed E-state index contributed by atoms with van der Waals surface area (Å²) >= 11 is 0. The van der Waals surface area contributed by atoms with Crippen molar-refractivity contribution in [2.75, 3.05) is 7.05 Å². The fourth-order valence-electron chi connectivity index (χ4n) is 1.81. The lowest BCUT2D eigenvalue weighted by Gasteiger charge is -2.26. The van der Waals surface area contributed by atoms with Crippen LogP contribution in [-0.4, -0.2) is 19.2 Å². The first-order chi connectivity index (χ1) is 7.22. The van der Waals surface area contributed by atoms with Crippen LogP contribution < -0.4 is 15.8 Å². The first kappa shape index (κ1) is 9.98. The predicted octanol–water partition coefficient (Wildman–Crippen LogP) is 0.656. The fraction of sp³-hybridized carbons (Fsp3) is 0.364. The number of amides is 1. The van der Waals surface area contributed by atoms with Gasteiger partial charge in [0.05, 0.1) is 5.56 Å². The van der Waals surface area contributed by atoms with Gasteiger partial charge >= 0.3 is 0 Å². The van der Waals surface area contributed by atoms with Crippen molar-refractivity contribution in [3.05, 3.63) is 29.3 Å². The Labute approximate surface area is 88.4 Å². The summed E-state index contributed by atoms with van der Waals surface area (Å²) in [7, 11) is 1.84. The fourth-order valence-corrected chi connectivity index (χ4v) is 1.81. The largest absolute Gasteiger partial charge is 0.474 e. The number of primary amides is 1. The van der Waals surface area contributed by atoms with Gasteiger partial charge in [-0.05, 0) is 25.1 Å². The van der Waals surface area contributed by atoms with Crippen molar-refractivity contribution in [3.63, 3.8) is 0 Å². The Kier molecular flexibility index (Phi) is 2.60. The minimum atomic E-state index is -0.441. The van der Waals surface area contributed by atoms with Crippen molar-refractivity contribution in [1.29, 1.82) is 0 Å². The highest BCUT2D eigenvalue weighted by atomic mass is 16.5. The predicted molar refractivity (Wildman–Crippen MR) is 56.8 cm³/mol. The molecule has 1 aliphatic heterocycles. The van der Waals surface area contributed by atoms with E-state index in [1.807, 2.05) is 19.2 Å². The van der Waals surface area contributed by atoms with E-state index in [1.54, 1.807) is 6.07 Å². The molecule has 0 radical (unpaired) electrons. The minimum Gasteiger partial charge on any atom is -0.474 e. The first-order valence-corrected chi connectivity index (χ1v) is 4.98. The molecule has 1 amide bonds. The zero-order chi connectivity index (χ0) is 10.8. The molecule has 1 aliphatic rings. The third-order valence-electron chi connectivity index (χ3n) is 2.62. The molecule has 1 atom stereocenters. The topological polar surface area (TPSA) is 64.3 Å². The van der Waals surface area contributed by atoms with Crippen LogP contribution in [0.2, 0.25) is 0 Å². The summed E-state index contributed by atoms with van der Waals surface area (Å²) in [6.45, 7) is 0. The van der Waals surface area contributed by atoms with Crippen molar-refractivity contribution in [2.24, 2.45) is 5.73 Å². The molecule has 15 heavy (non-hydrogen) atoms. The Hall–Kier alpha value is -1.55. The average molecular weight is 206 g/mol. The molecule has 0 aliphatic carbocycles. The van der Waals surface area contributed by atoms with E-state index in [2.05, 4.69) is 5.32 Å². The molecule has 0 saturated carbocycles. The number of aryl methyl sites for hydroxylation is 1. The number of rotatable bonds is 2. The normalized spacial score (nSPS) is 19.1. The van der Waals surface area contributed by atoms with Crippen molar-refractivity contribution in [2.45, 2.75) is 19.1 Å². The van der Waals surface area contributed by atoms with Crippen molar-refractivity contribution < 1.29 is 9.53 Å². The Bertz CT molecular complexity index is 390. The number of hydrogen-bond acceptors (Lipinski definition) is 3. The van der Waals surface area contributed by atoms with Gasteiger partial charge in [0.15, 0.2) is 0 Å². The van der Waals surface area contributed by atoms with Crippen LogP contribution in [0.3, 0.4) is 0 Å². The van der Waals surface area contributed by atoms with E-state index in [0.717, 1.165) is 18.4 Å². The average Bonchev–Trinajstić information content (AvgIpc) is 2.27. The van der Waals surface area contributed by atoms with Gasteiger partial charge in [-0.25, -0.2) is 0 Å². The van der Waals surface area contributed by atoms with Crippen LogP contribution >= 0.6 is 0 Å². The van der Waals surface area contributed by atoms with Crippen LogP contribution in [0.5, 0.6) is 5.75 Å². The molecular weight excluding hydrogens is 192 g/mol. The van der Waals surface area contributed by atoms with Gasteiger partial charge in [0.2, 0.25) is 0 Å². The minimum absolute atomic E-state index is 0.0296. The second-order valence-corrected chi connectivity index (χ2v) is 3.59. The maximum Gasteiger partial charge on any atom is 0.252 e. The third kappa shape index (κ3) is 1.80. The smallest absolute Gasteiger partial charge is 0.252 e. The maximum absolute atomic E-state index is 11.2. The molecule has 0 bridgehead atoms. The van der Waals surface area contributed by atoms with Crippen LogP contribution in [0.1, 0.15) is 22.3 Å². The lowest BCUT2D eigenvalue weighted by molar-refractivity contribution is 0.0983. The molecule has 1 aromatic carbocycles. The zero-order valence-electron chi connectivity index (χ0n) is 8.62. The highest BCUT2D eigenvalue weighted by molar-refractivity contribution is 5.96. The Morgan fingerprint density at radius 2 is 2.40 bits per heavy atom. The van der Waals surface area contributed by atoms with Gasteiger partial charge in [-0.2, -0.15) is 0 Å².